The normalized spacial score (nSPS) is 14.8. The second-order valence-electron chi connectivity index (χ2n) is 9.33. The smallest absolute Gasteiger partial charge is 0.255 e. The van der Waals surface area contributed by atoms with Crippen LogP contribution < -0.4 is 10.6 Å². The van der Waals surface area contributed by atoms with Gasteiger partial charge in [0.2, 0.25) is 11.1 Å². The highest BCUT2D eigenvalue weighted by atomic mass is 35.5. The van der Waals surface area contributed by atoms with Crippen molar-refractivity contribution in [3.63, 3.8) is 0 Å². The number of hydrogen-bond acceptors (Lipinski definition) is 5. The van der Waals surface area contributed by atoms with Crippen molar-refractivity contribution < 1.29 is 4.79 Å². The predicted octanol–water partition coefficient (Wildman–Crippen LogP) is 7.08. The molecule has 6 nitrogen and oxygen atoms in total. The number of rotatable bonds is 6. The molecular formula is C29H28ClN5OS. The largest absolute Gasteiger partial charge is 0.328 e. The average Bonchev–Trinajstić information content (AvgIpc) is 3.26. The highest BCUT2D eigenvalue weighted by Gasteiger charge is 2.34. The molecular weight excluding hydrogens is 502 g/mol. The summed E-state index contributed by atoms with van der Waals surface area (Å²) in [5, 5.41) is 12.5. The van der Waals surface area contributed by atoms with Gasteiger partial charge in [-0.25, -0.2) is 4.68 Å². The minimum Gasteiger partial charge on any atom is -0.328 e. The van der Waals surface area contributed by atoms with E-state index in [1.54, 1.807) is 16.4 Å². The number of allylic oxidation sites excluding steroid dienone is 1. The first-order valence-electron chi connectivity index (χ1n) is 12.1. The van der Waals surface area contributed by atoms with Crippen molar-refractivity contribution in [2.45, 2.75) is 44.6 Å². The summed E-state index contributed by atoms with van der Waals surface area (Å²) in [6, 6.07) is 21.4. The molecule has 8 heteroatoms. The Morgan fingerprint density at radius 1 is 1.03 bits per heavy atom. The average molecular weight is 530 g/mol. The maximum Gasteiger partial charge on any atom is 0.255 e. The molecule has 1 atom stereocenters. The van der Waals surface area contributed by atoms with E-state index in [2.05, 4.69) is 47.9 Å². The summed E-state index contributed by atoms with van der Waals surface area (Å²) in [6.07, 6.45) is 0. The lowest BCUT2D eigenvalue weighted by Crippen LogP contribution is -2.31. The Morgan fingerprint density at radius 2 is 1.81 bits per heavy atom. The van der Waals surface area contributed by atoms with E-state index in [0.717, 1.165) is 33.8 Å². The highest BCUT2D eigenvalue weighted by molar-refractivity contribution is 7.98. The van der Waals surface area contributed by atoms with Crippen LogP contribution in [0.2, 0.25) is 5.02 Å². The summed E-state index contributed by atoms with van der Waals surface area (Å²) in [5.41, 5.74) is 7.50. The molecule has 3 aromatic carbocycles. The number of anilines is 2. The summed E-state index contributed by atoms with van der Waals surface area (Å²) in [5.74, 6) is 1.15. The van der Waals surface area contributed by atoms with E-state index in [1.165, 1.54) is 11.1 Å². The van der Waals surface area contributed by atoms with Gasteiger partial charge in [0.25, 0.3) is 5.91 Å². The molecule has 5 rings (SSSR count). The summed E-state index contributed by atoms with van der Waals surface area (Å²) in [7, 11) is 0. The molecule has 37 heavy (non-hydrogen) atoms. The van der Waals surface area contributed by atoms with E-state index in [9.17, 15) is 4.79 Å². The van der Waals surface area contributed by atoms with Crippen molar-refractivity contribution in [3.05, 3.63) is 111 Å². The number of thioether (sulfide) groups is 1. The van der Waals surface area contributed by atoms with Crippen LogP contribution in [-0.4, -0.2) is 20.7 Å². The number of hydrogen-bond donors (Lipinski definition) is 2. The van der Waals surface area contributed by atoms with Crippen LogP contribution in [0.15, 0.2) is 83.2 Å². The number of benzene rings is 3. The molecule has 0 radical (unpaired) electrons. The number of carbonyl (C=O) groups excluding carboxylic acids is 1. The molecule has 0 spiro atoms. The van der Waals surface area contributed by atoms with E-state index in [1.807, 2.05) is 57.2 Å². The fourth-order valence-electron chi connectivity index (χ4n) is 4.56. The fourth-order valence-corrected chi connectivity index (χ4v) is 5.54. The predicted molar refractivity (Wildman–Crippen MR) is 151 cm³/mol. The Kier molecular flexibility index (Phi) is 7.09. The number of aromatic nitrogens is 3. The third-order valence-corrected chi connectivity index (χ3v) is 7.47. The maximum absolute atomic E-state index is 13.7. The summed E-state index contributed by atoms with van der Waals surface area (Å²) >= 11 is 7.94. The number of nitrogens with one attached hydrogen (secondary N) is 2. The van der Waals surface area contributed by atoms with Crippen molar-refractivity contribution in [1.82, 2.24) is 14.8 Å². The molecule has 0 bridgehead atoms. The summed E-state index contributed by atoms with van der Waals surface area (Å²) in [6.45, 7) is 8.00. The van der Waals surface area contributed by atoms with Crippen LogP contribution in [0.5, 0.6) is 0 Å². The van der Waals surface area contributed by atoms with E-state index >= 15 is 0 Å². The SMILES string of the molecule is CC1=C(C(=O)Nc2ccc(C)cc2C)[C@H](c2cccc(Cl)c2)n2nc(SCc3cccc(C)c3)nc2N1. The van der Waals surface area contributed by atoms with E-state index in [0.29, 0.717) is 21.7 Å². The number of carbonyl (C=O) groups is 1. The summed E-state index contributed by atoms with van der Waals surface area (Å²) in [4.78, 5) is 18.5. The van der Waals surface area contributed by atoms with E-state index in [4.69, 9.17) is 21.7 Å². The van der Waals surface area contributed by atoms with Crippen LogP contribution >= 0.6 is 23.4 Å². The lowest BCUT2D eigenvalue weighted by atomic mass is 9.95. The third kappa shape index (κ3) is 5.43. The van der Waals surface area contributed by atoms with Crippen molar-refractivity contribution in [2.75, 3.05) is 10.6 Å². The van der Waals surface area contributed by atoms with Crippen molar-refractivity contribution >= 4 is 40.9 Å². The fraction of sp³-hybridized carbons (Fsp3) is 0.207. The molecule has 2 N–H and O–H groups in total. The lowest BCUT2D eigenvalue weighted by Gasteiger charge is -2.29. The van der Waals surface area contributed by atoms with Gasteiger partial charge in [0.05, 0.1) is 5.57 Å². The minimum atomic E-state index is -0.485. The van der Waals surface area contributed by atoms with Crippen LogP contribution in [0.25, 0.3) is 0 Å². The molecule has 1 aromatic heterocycles. The number of amides is 1. The number of fused-ring (bicyclic) bond motifs is 1. The van der Waals surface area contributed by atoms with E-state index in [-0.39, 0.29) is 5.91 Å². The van der Waals surface area contributed by atoms with Gasteiger partial charge in [-0.15, -0.1) is 5.10 Å². The molecule has 0 saturated carbocycles. The van der Waals surface area contributed by atoms with Gasteiger partial charge in [0, 0.05) is 22.2 Å². The summed E-state index contributed by atoms with van der Waals surface area (Å²) < 4.78 is 1.79. The number of halogens is 1. The zero-order valence-corrected chi connectivity index (χ0v) is 22.7. The monoisotopic (exact) mass is 529 g/mol. The molecule has 0 unspecified atom stereocenters. The molecule has 0 saturated heterocycles. The van der Waals surface area contributed by atoms with Crippen LogP contribution in [-0.2, 0) is 10.5 Å². The Morgan fingerprint density at radius 3 is 2.57 bits per heavy atom. The first-order valence-corrected chi connectivity index (χ1v) is 13.4. The quantitative estimate of drug-likeness (QED) is 0.261. The van der Waals surface area contributed by atoms with Gasteiger partial charge in [-0.05, 0) is 62.6 Å². The molecule has 0 aliphatic carbocycles. The van der Waals surface area contributed by atoms with Crippen LogP contribution in [0, 0.1) is 20.8 Å². The van der Waals surface area contributed by atoms with Crippen molar-refractivity contribution in [1.29, 1.82) is 0 Å². The maximum atomic E-state index is 13.7. The first-order chi connectivity index (χ1) is 17.8. The van der Waals surface area contributed by atoms with Crippen LogP contribution in [0.4, 0.5) is 11.6 Å². The Balaban J connectivity index is 1.50. The van der Waals surface area contributed by atoms with Gasteiger partial charge in [0.15, 0.2) is 0 Å². The van der Waals surface area contributed by atoms with Gasteiger partial charge in [-0.2, -0.15) is 4.98 Å². The molecule has 188 valence electrons. The Bertz CT molecular complexity index is 1530. The lowest BCUT2D eigenvalue weighted by molar-refractivity contribution is -0.113. The standard InChI is InChI=1S/C29H28ClN5OS/c1-17-7-5-8-21(14-17)16-37-29-33-28-31-20(4)25(27(36)32-24-12-11-18(2)13-19(24)3)26(35(28)34-29)22-9-6-10-23(30)15-22/h5-15,26H,16H2,1-4H3,(H,32,36)(H,31,33,34)/t26-/m0/s1. The third-order valence-electron chi connectivity index (χ3n) is 6.32. The molecule has 2 heterocycles. The number of aryl methyl sites for hydroxylation is 3. The first kappa shape index (κ1) is 25.1. The van der Waals surface area contributed by atoms with Crippen molar-refractivity contribution in [2.24, 2.45) is 0 Å². The van der Waals surface area contributed by atoms with Gasteiger partial charge in [-0.1, -0.05) is 83.0 Å². The van der Waals surface area contributed by atoms with Gasteiger partial charge >= 0.3 is 0 Å². The highest BCUT2D eigenvalue weighted by Crippen LogP contribution is 2.38. The Labute approximate surface area is 226 Å². The zero-order chi connectivity index (χ0) is 26.1. The second-order valence-corrected chi connectivity index (χ2v) is 10.7. The minimum absolute atomic E-state index is 0.197. The number of nitrogens with zero attached hydrogens (tertiary/aromatic N) is 3. The van der Waals surface area contributed by atoms with Gasteiger partial charge in [-0.3, -0.25) is 4.79 Å². The topological polar surface area (TPSA) is 71.8 Å². The molecule has 1 amide bonds. The zero-order valence-electron chi connectivity index (χ0n) is 21.2. The molecule has 0 fully saturated rings. The molecule has 1 aliphatic rings. The second kappa shape index (κ2) is 10.4. The van der Waals surface area contributed by atoms with Crippen LogP contribution in [0.3, 0.4) is 0 Å². The molecule has 4 aromatic rings. The van der Waals surface area contributed by atoms with Gasteiger partial charge < -0.3 is 10.6 Å². The van der Waals surface area contributed by atoms with Crippen LogP contribution in [0.1, 0.15) is 40.8 Å². The van der Waals surface area contributed by atoms with Crippen molar-refractivity contribution in [3.8, 4) is 0 Å². The molecule has 1 aliphatic heterocycles. The van der Waals surface area contributed by atoms with Gasteiger partial charge in [0.1, 0.15) is 6.04 Å². The van der Waals surface area contributed by atoms with E-state index < -0.39 is 6.04 Å². The Hall–Kier alpha value is -3.55.